The lowest BCUT2D eigenvalue weighted by Gasteiger charge is -2.11. The molecule has 9 nitrogen and oxygen atoms in total. The van der Waals surface area contributed by atoms with Crippen LogP contribution in [-0.4, -0.2) is 52.6 Å². The van der Waals surface area contributed by atoms with Crippen LogP contribution in [0.15, 0.2) is 52.1 Å². The summed E-state index contributed by atoms with van der Waals surface area (Å²) < 4.78 is 12.3. The van der Waals surface area contributed by atoms with E-state index in [9.17, 15) is 14.4 Å². The second kappa shape index (κ2) is 11.1. The van der Waals surface area contributed by atoms with Gasteiger partial charge in [-0.15, -0.1) is 10.2 Å². The van der Waals surface area contributed by atoms with Gasteiger partial charge in [-0.2, -0.15) is 0 Å². The molecule has 1 heterocycles. The maximum atomic E-state index is 12.7. The first-order valence-corrected chi connectivity index (χ1v) is 11.6. The zero-order valence-corrected chi connectivity index (χ0v) is 20.5. The van der Waals surface area contributed by atoms with E-state index in [1.807, 2.05) is 35.8 Å². The highest BCUT2D eigenvalue weighted by atomic mass is 79.9. The van der Waals surface area contributed by atoms with Gasteiger partial charge >= 0.3 is 11.9 Å². The Kier molecular flexibility index (Phi) is 8.23. The van der Waals surface area contributed by atoms with Crippen molar-refractivity contribution in [1.29, 1.82) is 0 Å². The quantitative estimate of drug-likeness (QED) is 0.341. The van der Waals surface area contributed by atoms with Crippen LogP contribution in [0.3, 0.4) is 0 Å². The molecule has 0 radical (unpaired) electrons. The second-order valence-corrected chi connectivity index (χ2v) is 8.50. The molecule has 172 valence electrons. The molecule has 0 unspecified atom stereocenters. The van der Waals surface area contributed by atoms with E-state index in [-0.39, 0.29) is 28.5 Å². The Labute approximate surface area is 203 Å². The molecule has 0 fully saturated rings. The Morgan fingerprint density at radius 1 is 1.03 bits per heavy atom. The highest BCUT2D eigenvalue weighted by Gasteiger charge is 2.19. The number of nitrogens with one attached hydrogen (secondary N) is 1. The zero-order valence-electron chi connectivity index (χ0n) is 18.1. The fourth-order valence-corrected chi connectivity index (χ4v) is 4.06. The number of thioether (sulfide) groups is 1. The Hall–Kier alpha value is -3.18. The van der Waals surface area contributed by atoms with Gasteiger partial charge in [0, 0.05) is 16.6 Å². The van der Waals surface area contributed by atoms with Gasteiger partial charge in [0.25, 0.3) is 0 Å². The standard InChI is InChI=1S/C22H21BrN4O5S/c1-4-27-19(13-5-8-15(23)9-6-13)25-26-22(27)33-12-18(28)24-17-11-14(20(29)31-2)7-10-16(17)21(30)32-3/h5-11H,4,12H2,1-3H3,(H,24,28). The number of benzene rings is 2. The van der Waals surface area contributed by atoms with Gasteiger partial charge in [0.1, 0.15) is 0 Å². The number of nitrogens with zero attached hydrogens (tertiary/aromatic N) is 3. The molecular weight excluding hydrogens is 512 g/mol. The van der Waals surface area contributed by atoms with Crippen LogP contribution < -0.4 is 5.32 Å². The fourth-order valence-electron chi connectivity index (χ4n) is 2.99. The summed E-state index contributed by atoms with van der Waals surface area (Å²) in [5.74, 6) is -0.900. The van der Waals surface area contributed by atoms with Crippen molar-refractivity contribution >= 4 is 51.2 Å². The summed E-state index contributed by atoms with van der Waals surface area (Å²) in [6.45, 7) is 2.59. The minimum absolute atomic E-state index is 0.0154. The smallest absolute Gasteiger partial charge is 0.339 e. The molecule has 11 heteroatoms. The van der Waals surface area contributed by atoms with Crippen LogP contribution in [0.25, 0.3) is 11.4 Å². The van der Waals surface area contributed by atoms with Crippen LogP contribution in [0.1, 0.15) is 27.6 Å². The third-order valence-corrected chi connectivity index (χ3v) is 6.08. The molecule has 0 saturated carbocycles. The molecule has 1 N–H and O–H groups in total. The number of hydrogen-bond donors (Lipinski definition) is 1. The molecule has 1 amide bonds. The van der Waals surface area contributed by atoms with Gasteiger partial charge in [0.15, 0.2) is 11.0 Å². The average molecular weight is 533 g/mol. The molecule has 2 aromatic carbocycles. The number of esters is 2. The predicted molar refractivity (Wildman–Crippen MR) is 127 cm³/mol. The molecule has 3 rings (SSSR count). The summed E-state index contributed by atoms with van der Waals surface area (Å²) in [5, 5.41) is 11.7. The molecule has 0 spiro atoms. The van der Waals surface area contributed by atoms with Crippen LogP contribution in [0.5, 0.6) is 0 Å². The Morgan fingerprint density at radius 2 is 1.73 bits per heavy atom. The minimum Gasteiger partial charge on any atom is -0.465 e. The number of amides is 1. The third kappa shape index (κ3) is 5.79. The van der Waals surface area contributed by atoms with Gasteiger partial charge < -0.3 is 19.4 Å². The number of aromatic nitrogens is 3. The molecule has 0 saturated heterocycles. The van der Waals surface area contributed by atoms with E-state index in [2.05, 4.69) is 31.4 Å². The number of carbonyl (C=O) groups is 3. The van der Waals surface area contributed by atoms with E-state index in [1.54, 1.807) is 0 Å². The van der Waals surface area contributed by atoms with Crippen LogP contribution in [0.2, 0.25) is 0 Å². The van der Waals surface area contributed by atoms with E-state index < -0.39 is 11.9 Å². The van der Waals surface area contributed by atoms with Gasteiger partial charge in [0.05, 0.1) is 36.8 Å². The highest BCUT2D eigenvalue weighted by molar-refractivity contribution is 9.10. The van der Waals surface area contributed by atoms with Gasteiger partial charge in [-0.05, 0) is 37.3 Å². The molecule has 33 heavy (non-hydrogen) atoms. The largest absolute Gasteiger partial charge is 0.465 e. The molecule has 0 aliphatic rings. The summed E-state index contributed by atoms with van der Waals surface area (Å²) in [6.07, 6.45) is 0. The number of hydrogen-bond acceptors (Lipinski definition) is 8. The molecule has 0 atom stereocenters. The van der Waals surface area contributed by atoms with Crippen molar-refractivity contribution < 1.29 is 23.9 Å². The van der Waals surface area contributed by atoms with Crippen molar-refractivity contribution in [3.63, 3.8) is 0 Å². The summed E-state index contributed by atoms with van der Waals surface area (Å²) in [5.41, 5.74) is 1.38. The molecule has 0 aliphatic carbocycles. The van der Waals surface area contributed by atoms with Crippen molar-refractivity contribution in [3.05, 3.63) is 58.1 Å². The molecule has 0 bridgehead atoms. The van der Waals surface area contributed by atoms with Gasteiger partial charge in [-0.25, -0.2) is 9.59 Å². The summed E-state index contributed by atoms with van der Waals surface area (Å²) in [6, 6.07) is 11.9. The maximum absolute atomic E-state index is 12.7. The number of rotatable bonds is 8. The topological polar surface area (TPSA) is 112 Å². The predicted octanol–water partition coefficient (Wildman–Crippen LogP) is 4.03. The third-order valence-electron chi connectivity index (χ3n) is 4.59. The van der Waals surface area contributed by atoms with Crippen molar-refractivity contribution in [2.75, 3.05) is 25.3 Å². The average Bonchev–Trinajstić information content (AvgIpc) is 3.25. The van der Waals surface area contributed by atoms with Crippen LogP contribution in [0, 0.1) is 0 Å². The zero-order chi connectivity index (χ0) is 24.0. The van der Waals surface area contributed by atoms with Gasteiger partial charge in [-0.1, -0.05) is 39.8 Å². The normalized spacial score (nSPS) is 10.5. The number of anilines is 1. The summed E-state index contributed by atoms with van der Waals surface area (Å²) in [4.78, 5) is 36.6. The SMILES string of the molecule is CCn1c(SCC(=O)Nc2cc(C(=O)OC)ccc2C(=O)OC)nnc1-c1ccc(Br)cc1. The number of halogens is 1. The first-order valence-electron chi connectivity index (χ1n) is 9.80. The molecule has 3 aromatic rings. The van der Waals surface area contributed by atoms with E-state index in [1.165, 1.54) is 44.2 Å². The maximum Gasteiger partial charge on any atom is 0.339 e. The van der Waals surface area contributed by atoms with Gasteiger partial charge in [-0.3, -0.25) is 4.79 Å². The Balaban J connectivity index is 1.76. The molecular formula is C22H21BrN4O5S. The van der Waals surface area contributed by atoms with E-state index >= 15 is 0 Å². The number of methoxy groups -OCH3 is 2. The van der Waals surface area contributed by atoms with Crippen molar-refractivity contribution in [1.82, 2.24) is 14.8 Å². The lowest BCUT2D eigenvalue weighted by molar-refractivity contribution is -0.113. The van der Waals surface area contributed by atoms with E-state index in [0.717, 1.165) is 10.0 Å². The van der Waals surface area contributed by atoms with Crippen LogP contribution >= 0.6 is 27.7 Å². The monoisotopic (exact) mass is 532 g/mol. The number of ether oxygens (including phenoxy) is 2. The van der Waals surface area contributed by atoms with Crippen LogP contribution in [-0.2, 0) is 20.8 Å². The van der Waals surface area contributed by atoms with Gasteiger partial charge in [0.2, 0.25) is 5.91 Å². The lowest BCUT2D eigenvalue weighted by Crippen LogP contribution is -2.18. The molecule has 1 aromatic heterocycles. The number of carbonyl (C=O) groups excluding carboxylic acids is 3. The second-order valence-electron chi connectivity index (χ2n) is 6.64. The Morgan fingerprint density at radius 3 is 2.36 bits per heavy atom. The minimum atomic E-state index is -0.640. The first kappa shape index (κ1) is 24.5. The first-order chi connectivity index (χ1) is 15.9. The van der Waals surface area contributed by atoms with Crippen molar-refractivity contribution in [2.45, 2.75) is 18.6 Å². The van der Waals surface area contributed by atoms with E-state index in [0.29, 0.717) is 17.5 Å². The molecule has 0 aliphatic heterocycles. The summed E-state index contributed by atoms with van der Waals surface area (Å²) in [7, 11) is 2.48. The Bertz CT molecular complexity index is 1180. The van der Waals surface area contributed by atoms with Crippen LogP contribution in [0.4, 0.5) is 5.69 Å². The summed E-state index contributed by atoms with van der Waals surface area (Å²) >= 11 is 4.63. The fraction of sp³-hybridized carbons (Fsp3) is 0.227. The van der Waals surface area contributed by atoms with Crippen molar-refractivity contribution in [3.8, 4) is 11.4 Å². The lowest BCUT2D eigenvalue weighted by atomic mass is 10.1. The van der Waals surface area contributed by atoms with Crippen molar-refractivity contribution in [2.24, 2.45) is 0 Å². The highest BCUT2D eigenvalue weighted by Crippen LogP contribution is 2.26. The van der Waals surface area contributed by atoms with E-state index in [4.69, 9.17) is 9.47 Å².